The van der Waals surface area contributed by atoms with Crippen LogP contribution >= 0.6 is 0 Å². The third kappa shape index (κ3) is 6.54. The molecule has 0 aromatic rings. The summed E-state index contributed by atoms with van der Waals surface area (Å²) in [6.45, 7) is 21.0. The van der Waals surface area contributed by atoms with E-state index in [-0.39, 0.29) is 24.5 Å². The molecule has 1 fully saturated rings. The van der Waals surface area contributed by atoms with E-state index in [1.165, 1.54) is 16.7 Å². The molecule has 2 aliphatic heterocycles. The quantitative estimate of drug-likeness (QED) is 0.250. The molecular weight excluding hydrogens is 453 g/mol. The highest BCUT2D eigenvalue weighted by atomic mass is 16.3. The van der Waals surface area contributed by atoms with Crippen LogP contribution in [-0.4, -0.2) is 41.1 Å². The van der Waals surface area contributed by atoms with Crippen LogP contribution in [-0.2, 0) is 0 Å². The van der Waals surface area contributed by atoms with Gasteiger partial charge in [0.2, 0.25) is 0 Å². The van der Waals surface area contributed by atoms with E-state index in [0.717, 1.165) is 36.4 Å². The van der Waals surface area contributed by atoms with Crippen LogP contribution in [0.5, 0.6) is 0 Å². The first-order chi connectivity index (χ1) is 17.8. The van der Waals surface area contributed by atoms with Gasteiger partial charge in [0.1, 0.15) is 11.6 Å². The van der Waals surface area contributed by atoms with Crippen molar-refractivity contribution in [1.29, 1.82) is 0 Å². The normalized spacial score (nSPS) is 31.7. The van der Waals surface area contributed by atoms with Gasteiger partial charge >= 0.3 is 6.98 Å². The SMILES string of the molecule is C=C\C=C1C(=C\C(=C)O)/C(=N/C)N(C=C)B2C(C)\C=C/C=C\C3=C(\C)C(/C=C\CN2/1)/C=C\C(=C)CCC3. The molecule has 0 amide bonds. The van der Waals surface area contributed by atoms with Crippen molar-refractivity contribution in [1.82, 2.24) is 9.62 Å². The van der Waals surface area contributed by atoms with Crippen molar-refractivity contribution in [3.63, 3.8) is 0 Å². The molecule has 1 aliphatic carbocycles. The molecule has 3 aliphatic rings. The lowest BCUT2D eigenvalue weighted by Gasteiger charge is -2.47. The number of allylic oxidation sites excluding steroid dienone is 13. The Morgan fingerprint density at radius 1 is 1.16 bits per heavy atom. The van der Waals surface area contributed by atoms with Crippen molar-refractivity contribution in [2.45, 2.75) is 38.9 Å². The van der Waals surface area contributed by atoms with Crippen molar-refractivity contribution in [2.24, 2.45) is 10.9 Å². The second-order valence-electron chi connectivity index (χ2n) is 9.68. The molecule has 5 heteroatoms. The van der Waals surface area contributed by atoms with E-state index in [1.807, 2.05) is 12.3 Å². The van der Waals surface area contributed by atoms with E-state index in [4.69, 9.17) is 0 Å². The average Bonchev–Trinajstić information content (AvgIpc) is 2.93. The minimum absolute atomic E-state index is 0.0303. The summed E-state index contributed by atoms with van der Waals surface area (Å²) in [4.78, 5) is 8.99. The Kier molecular flexibility index (Phi) is 9.79. The van der Waals surface area contributed by atoms with Crippen molar-refractivity contribution < 1.29 is 5.11 Å². The summed E-state index contributed by atoms with van der Waals surface area (Å²) < 4.78 is 0. The molecule has 1 N–H and O–H groups in total. The highest BCUT2D eigenvalue weighted by Crippen LogP contribution is 2.35. The van der Waals surface area contributed by atoms with Gasteiger partial charge in [-0.1, -0.05) is 99.1 Å². The van der Waals surface area contributed by atoms with Gasteiger partial charge in [0.25, 0.3) is 0 Å². The Morgan fingerprint density at radius 2 is 1.95 bits per heavy atom. The summed E-state index contributed by atoms with van der Waals surface area (Å²) in [5.41, 5.74) is 5.62. The summed E-state index contributed by atoms with van der Waals surface area (Å²) in [6, 6.07) is 0. The maximum atomic E-state index is 10.1. The number of hydrogen-bond acceptors (Lipinski definition) is 3. The van der Waals surface area contributed by atoms with E-state index in [0.29, 0.717) is 6.54 Å². The topological polar surface area (TPSA) is 39.1 Å². The number of fused-ring (bicyclic) bond motifs is 2. The zero-order chi connectivity index (χ0) is 26.9. The van der Waals surface area contributed by atoms with Gasteiger partial charge in [-0.3, -0.25) is 4.99 Å². The lowest BCUT2D eigenvalue weighted by molar-refractivity contribution is 0.433. The van der Waals surface area contributed by atoms with Crippen molar-refractivity contribution in [3.05, 3.63) is 133 Å². The van der Waals surface area contributed by atoms with Gasteiger partial charge in [0, 0.05) is 30.8 Å². The first-order valence-electron chi connectivity index (χ1n) is 13.0. The predicted molar refractivity (Wildman–Crippen MR) is 161 cm³/mol. The van der Waals surface area contributed by atoms with E-state index < -0.39 is 0 Å². The van der Waals surface area contributed by atoms with Gasteiger partial charge in [-0.25, -0.2) is 0 Å². The number of aliphatic imine (C=N–C) groups is 1. The molecule has 0 aromatic heterocycles. The van der Waals surface area contributed by atoms with Crippen molar-refractivity contribution in [2.75, 3.05) is 13.6 Å². The third-order valence-corrected chi connectivity index (χ3v) is 7.10. The summed E-state index contributed by atoms with van der Waals surface area (Å²) >= 11 is 0. The van der Waals surface area contributed by atoms with Crippen LogP contribution in [0, 0.1) is 5.92 Å². The third-order valence-electron chi connectivity index (χ3n) is 7.10. The summed E-state index contributed by atoms with van der Waals surface area (Å²) in [5.74, 6) is 1.01. The maximum Gasteiger partial charge on any atom is 0.388 e. The van der Waals surface area contributed by atoms with Crippen molar-refractivity contribution >= 4 is 12.8 Å². The van der Waals surface area contributed by atoms with E-state index >= 15 is 0 Å². The molecule has 4 nitrogen and oxygen atoms in total. The van der Waals surface area contributed by atoms with Crippen LogP contribution in [0.3, 0.4) is 0 Å². The van der Waals surface area contributed by atoms with Crippen LogP contribution in [0.15, 0.2) is 138 Å². The smallest absolute Gasteiger partial charge is 0.388 e. The zero-order valence-electron chi connectivity index (χ0n) is 22.6. The largest absolute Gasteiger partial charge is 0.509 e. The first-order valence-corrected chi connectivity index (χ1v) is 13.0. The molecule has 2 bridgehead atoms. The van der Waals surface area contributed by atoms with Crippen LogP contribution in [0.1, 0.15) is 33.1 Å². The van der Waals surface area contributed by atoms with Gasteiger partial charge in [0.05, 0.1) is 0 Å². The molecular formula is C32H40BN3O. The minimum atomic E-state index is -0.0808. The highest BCUT2D eigenvalue weighted by molar-refractivity contribution is 6.61. The van der Waals surface area contributed by atoms with Crippen LogP contribution in [0.25, 0.3) is 0 Å². The number of nitrogens with zero attached hydrogens (tertiary/aromatic N) is 3. The summed E-state index contributed by atoms with van der Waals surface area (Å²) in [7, 11) is 1.76. The second-order valence-corrected chi connectivity index (χ2v) is 9.68. The number of hydrogen-bond donors (Lipinski definition) is 1. The molecule has 2 heterocycles. The molecule has 2 unspecified atom stereocenters. The summed E-state index contributed by atoms with van der Waals surface area (Å²) in [6.07, 6.45) is 28.1. The van der Waals surface area contributed by atoms with Crippen LogP contribution in [0.2, 0.25) is 5.82 Å². The van der Waals surface area contributed by atoms with Gasteiger partial charge in [0.15, 0.2) is 0 Å². The molecule has 1 saturated heterocycles. The lowest BCUT2D eigenvalue weighted by atomic mass is 9.56. The number of rotatable bonds is 3. The standard InChI is InChI=1S/C32H40BN3O/c1-8-14-31-30(23-26(5)37)32(34-7)35(9-2)33-25(4)16-10-11-17-28-18-12-15-24(3)20-21-29(27(28)6)19-13-22-36(31)33/h8-11,13-14,16-17,19-21,23,25,29,37H,1-3,5,12,15,18,22H2,4,6-7H3/b16-10-,17-11-,19-13-,21-20-,28-27+,30-23+,31-14+,34-32-. The Hall–Kier alpha value is -3.73. The van der Waals surface area contributed by atoms with E-state index in [9.17, 15) is 5.11 Å². The molecule has 0 aromatic carbocycles. The van der Waals surface area contributed by atoms with E-state index in [1.54, 1.807) is 19.2 Å². The predicted octanol–water partition coefficient (Wildman–Crippen LogP) is 7.63. The Labute approximate surface area is 224 Å². The number of aliphatic hydroxyl groups is 1. The van der Waals surface area contributed by atoms with Gasteiger partial charge in [-0.2, -0.15) is 0 Å². The fraction of sp³-hybridized carbons (Fsp3) is 0.281. The lowest BCUT2D eigenvalue weighted by Crippen LogP contribution is -2.59. The van der Waals surface area contributed by atoms with Gasteiger partial charge in [-0.15, -0.1) is 0 Å². The van der Waals surface area contributed by atoms with Gasteiger partial charge in [-0.05, 0) is 55.9 Å². The van der Waals surface area contributed by atoms with Gasteiger partial charge < -0.3 is 14.7 Å². The molecule has 192 valence electrons. The fourth-order valence-electron chi connectivity index (χ4n) is 5.24. The molecule has 0 spiro atoms. The molecule has 0 radical (unpaired) electrons. The Morgan fingerprint density at radius 3 is 2.62 bits per heavy atom. The molecule has 2 atom stereocenters. The van der Waals surface area contributed by atoms with Crippen LogP contribution in [0.4, 0.5) is 0 Å². The Bertz CT molecular complexity index is 1170. The number of aliphatic hydroxyl groups excluding tert-OH is 1. The monoisotopic (exact) mass is 493 g/mol. The first kappa shape index (κ1) is 27.9. The number of amidine groups is 1. The minimum Gasteiger partial charge on any atom is -0.509 e. The molecule has 37 heavy (non-hydrogen) atoms. The maximum absolute atomic E-state index is 10.1. The average molecular weight is 494 g/mol. The summed E-state index contributed by atoms with van der Waals surface area (Å²) in [5, 5.41) is 10.1. The van der Waals surface area contributed by atoms with E-state index in [2.05, 4.69) is 103 Å². The molecule has 3 rings (SSSR count). The zero-order valence-corrected chi connectivity index (χ0v) is 22.6. The Balaban J connectivity index is 2.20. The second kappa shape index (κ2) is 13.0. The van der Waals surface area contributed by atoms with Crippen molar-refractivity contribution in [3.8, 4) is 0 Å². The van der Waals surface area contributed by atoms with Crippen LogP contribution < -0.4 is 0 Å². The highest BCUT2D eigenvalue weighted by Gasteiger charge is 2.43. The molecule has 0 saturated carbocycles. The fourth-order valence-corrected chi connectivity index (χ4v) is 5.24.